The first kappa shape index (κ1) is 14.8. The molecule has 1 aliphatic rings. The van der Waals surface area contributed by atoms with E-state index in [1.165, 1.54) is 12.0 Å². The van der Waals surface area contributed by atoms with Crippen LogP contribution < -0.4 is 4.74 Å². The van der Waals surface area contributed by atoms with Gasteiger partial charge in [-0.1, -0.05) is 29.4 Å². The maximum absolute atomic E-state index is 5.16. The van der Waals surface area contributed by atoms with Gasteiger partial charge in [0.05, 0.1) is 7.11 Å². The Balaban J connectivity index is 1.45. The average Bonchev–Trinajstić information content (AvgIpc) is 3.11. The lowest BCUT2D eigenvalue weighted by atomic mass is 9.96. The van der Waals surface area contributed by atoms with Gasteiger partial charge in [-0.2, -0.15) is 4.98 Å². The summed E-state index contributed by atoms with van der Waals surface area (Å²) < 4.78 is 9.99. The largest absolute Gasteiger partial charge is 0.497 e. The topological polar surface area (TPSA) is 51.4 Å². The first-order chi connectivity index (χ1) is 10.8. The lowest BCUT2D eigenvalue weighted by Crippen LogP contribution is -2.33. The molecule has 1 fully saturated rings. The van der Waals surface area contributed by atoms with Gasteiger partial charge in [-0.3, -0.25) is 4.90 Å². The zero-order chi connectivity index (χ0) is 15.2. The number of nitrogens with zero attached hydrogens (tertiary/aromatic N) is 3. The standard InChI is InChI=1S/C17H21N3O2/c1-21-16-6-4-14(5-7-16)3-2-10-20-11-8-15(9-12-20)17-18-13-22-19-17/h2-7,13,15H,8-12H2,1H3/b3-2+. The van der Waals surface area contributed by atoms with Crippen LogP contribution in [0.3, 0.4) is 0 Å². The fraction of sp³-hybridized carbons (Fsp3) is 0.412. The summed E-state index contributed by atoms with van der Waals surface area (Å²) in [6, 6.07) is 8.10. The number of piperidine rings is 1. The molecule has 0 atom stereocenters. The smallest absolute Gasteiger partial charge is 0.213 e. The predicted octanol–water partition coefficient (Wildman–Crippen LogP) is 2.97. The van der Waals surface area contributed by atoms with Crippen LogP contribution in [0.15, 0.2) is 41.3 Å². The van der Waals surface area contributed by atoms with Crippen molar-refractivity contribution in [2.75, 3.05) is 26.7 Å². The fourth-order valence-electron chi connectivity index (χ4n) is 2.79. The van der Waals surface area contributed by atoms with E-state index in [4.69, 9.17) is 9.26 Å². The van der Waals surface area contributed by atoms with Crippen molar-refractivity contribution in [3.8, 4) is 5.75 Å². The molecule has 5 heteroatoms. The molecule has 2 heterocycles. The second-order valence-corrected chi connectivity index (χ2v) is 5.54. The number of ether oxygens (including phenoxy) is 1. The van der Waals surface area contributed by atoms with E-state index in [0.29, 0.717) is 5.92 Å². The van der Waals surface area contributed by atoms with Crippen molar-refractivity contribution >= 4 is 6.08 Å². The van der Waals surface area contributed by atoms with Crippen LogP contribution in [0.4, 0.5) is 0 Å². The highest BCUT2D eigenvalue weighted by atomic mass is 16.5. The molecule has 0 aliphatic carbocycles. The Morgan fingerprint density at radius 3 is 2.68 bits per heavy atom. The number of methoxy groups -OCH3 is 1. The monoisotopic (exact) mass is 299 g/mol. The van der Waals surface area contributed by atoms with Gasteiger partial charge in [0.2, 0.25) is 6.39 Å². The van der Waals surface area contributed by atoms with E-state index < -0.39 is 0 Å². The molecule has 0 N–H and O–H groups in total. The van der Waals surface area contributed by atoms with Crippen molar-refractivity contribution in [1.82, 2.24) is 15.0 Å². The Morgan fingerprint density at radius 1 is 1.27 bits per heavy atom. The van der Waals surface area contributed by atoms with E-state index in [0.717, 1.165) is 44.0 Å². The average molecular weight is 299 g/mol. The lowest BCUT2D eigenvalue weighted by Gasteiger charge is -2.29. The number of aromatic nitrogens is 2. The zero-order valence-corrected chi connectivity index (χ0v) is 12.8. The molecular weight excluding hydrogens is 278 g/mol. The SMILES string of the molecule is COc1ccc(/C=C/CN2CCC(c3ncon3)CC2)cc1. The molecule has 1 aromatic carbocycles. The van der Waals surface area contributed by atoms with E-state index in [1.54, 1.807) is 7.11 Å². The molecular formula is C17H21N3O2. The van der Waals surface area contributed by atoms with E-state index in [9.17, 15) is 0 Å². The molecule has 2 aromatic rings. The Bertz CT molecular complexity index is 585. The van der Waals surface area contributed by atoms with Crippen LogP contribution in [0.1, 0.15) is 30.1 Å². The maximum Gasteiger partial charge on any atom is 0.213 e. The molecule has 116 valence electrons. The van der Waals surface area contributed by atoms with Gasteiger partial charge in [-0.05, 0) is 43.6 Å². The van der Waals surface area contributed by atoms with Crippen molar-refractivity contribution < 1.29 is 9.26 Å². The van der Waals surface area contributed by atoms with E-state index in [-0.39, 0.29) is 0 Å². The third-order valence-electron chi connectivity index (χ3n) is 4.12. The quantitative estimate of drug-likeness (QED) is 0.849. The molecule has 1 aliphatic heterocycles. The number of benzene rings is 1. The molecule has 0 spiro atoms. The summed E-state index contributed by atoms with van der Waals surface area (Å²) in [6.45, 7) is 3.13. The van der Waals surface area contributed by atoms with Gasteiger partial charge in [0.25, 0.3) is 0 Å². The summed E-state index contributed by atoms with van der Waals surface area (Å²) in [6.07, 6.45) is 7.98. The zero-order valence-electron chi connectivity index (χ0n) is 12.8. The number of hydrogen-bond donors (Lipinski definition) is 0. The van der Waals surface area contributed by atoms with Crippen LogP contribution in [-0.4, -0.2) is 41.8 Å². The molecule has 5 nitrogen and oxygen atoms in total. The minimum absolute atomic E-state index is 0.445. The lowest BCUT2D eigenvalue weighted by molar-refractivity contribution is 0.227. The van der Waals surface area contributed by atoms with Gasteiger partial charge in [-0.15, -0.1) is 0 Å². The summed E-state index contributed by atoms with van der Waals surface area (Å²) in [5, 5.41) is 3.95. The van der Waals surface area contributed by atoms with E-state index in [1.807, 2.05) is 12.1 Å². The molecule has 3 rings (SSSR count). The highest BCUT2D eigenvalue weighted by Gasteiger charge is 2.22. The van der Waals surface area contributed by atoms with Gasteiger partial charge in [0, 0.05) is 12.5 Å². The van der Waals surface area contributed by atoms with Crippen molar-refractivity contribution in [2.24, 2.45) is 0 Å². The predicted molar refractivity (Wildman–Crippen MR) is 84.7 cm³/mol. The minimum Gasteiger partial charge on any atom is -0.497 e. The molecule has 0 saturated carbocycles. The van der Waals surface area contributed by atoms with Crippen LogP contribution in [0.5, 0.6) is 5.75 Å². The Kier molecular flexibility index (Phi) is 4.85. The fourth-order valence-corrected chi connectivity index (χ4v) is 2.79. The van der Waals surface area contributed by atoms with Crippen molar-refractivity contribution in [3.05, 3.63) is 48.1 Å². The number of rotatable bonds is 5. The van der Waals surface area contributed by atoms with Gasteiger partial charge in [0.1, 0.15) is 5.75 Å². The summed E-state index contributed by atoms with van der Waals surface area (Å²) in [5.41, 5.74) is 1.20. The highest BCUT2D eigenvalue weighted by molar-refractivity contribution is 5.50. The minimum atomic E-state index is 0.445. The summed E-state index contributed by atoms with van der Waals surface area (Å²) in [7, 11) is 1.68. The summed E-state index contributed by atoms with van der Waals surface area (Å²) in [4.78, 5) is 6.62. The number of hydrogen-bond acceptors (Lipinski definition) is 5. The van der Waals surface area contributed by atoms with Crippen molar-refractivity contribution in [3.63, 3.8) is 0 Å². The second kappa shape index (κ2) is 7.22. The Hall–Kier alpha value is -2.14. The van der Waals surface area contributed by atoms with Gasteiger partial charge in [-0.25, -0.2) is 0 Å². The molecule has 22 heavy (non-hydrogen) atoms. The molecule has 0 amide bonds. The Labute approximate surface area is 130 Å². The summed E-state index contributed by atoms with van der Waals surface area (Å²) >= 11 is 0. The van der Waals surface area contributed by atoms with Crippen LogP contribution in [0.25, 0.3) is 6.08 Å². The number of likely N-dealkylation sites (tertiary alicyclic amines) is 1. The Morgan fingerprint density at radius 2 is 2.05 bits per heavy atom. The van der Waals surface area contributed by atoms with Crippen LogP contribution >= 0.6 is 0 Å². The highest BCUT2D eigenvalue weighted by Crippen LogP contribution is 2.25. The van der Waals surface area contributed by atoms with E-state index in [2.05, 4.69) is 39.3 Å². The van der Waals surface area contributed by atoms with Gasteiger partial charge >= 0.3 is 0 Å². The molecule has 1 saturated heterocycles. The van der Waals surface area contributed by atoms with Crippen LogP contribution in [-0.2, 0) is 0 Å². The van der Waals surface area contributed by atoms with Gasteiger partial charge < -0.3 is 9.26 Å². The third-order valence-corrected chi connectivity index (χ3v) is 4.12. The van der Waals surface area contributed by atoms with E-state index >= 15 is 0 Å². The first-order valence-electron chi connectivity index (χ1n) is 7.64. The maximum atomic E-state index is 5.16. The molecule has 0 radical (unpaired) electrons. The molecule has 0 bridgehead atoms. The second-order valence-electron chi connectivity index (χ2n) is 5.54. The molecule has 1 aromatic heterocycles. The van der Waals surface area contributed by atoms with Crippen molar-refractivity contribution in [2.45, 2.75) is 18.8 Å². The van der Waals surface area contributed by atoms with Gasteiger partial charge in [0.15, 0.2) is 5.82 Å². The normalized spacial score (nSPS) is 17.1. The third kappa shape index (κ3) is 3.74. The van der Waals surface area contributed by atoms with Crippen molar-refractivity contribution in [1.29, 1.82) is 0 Å². The summed E-state index contributed by atoms with van der Waals surface area (Å²) in [5.74, 6) is 2.19. The van der Waals surface area contributed by atoms with Crippen LogP contribution in [0.2, 0.25) is 0 Å². The first-order valence-corrected chi connectivity index (χ1v) is 7.64. The van der Waals surface area contributed by atoms with Crippen LogP contribution in [0, 0.1) is 0 Å². The molecule has 0 unspecified atom stereocenters.